The number of para-hydroxylation sites is 1. The first-order valence-corrected chi connectivity index (χ1v) is 7.92. The van der Waals surface area contributed by atoms with E-state index in [9.17, 15) is 4.79 Å². The van der Waals surface area contributed by atoms with Gasteiger partial charge in [0, 0.05) is 0 Å². The van der Waals surface area contributed by atoms with Gasteiger partial charge in [0.05, 0.1) is 16.8 Å². The second kappa shape index (κ2) is 7.43. The third-order valence-corrected chi connectivity index (χ3v) is 3.97. The number of amides is 1. The predicted molar refractivity (Wildman–Crippen MR) is 91.1 cm³/mol. The van der Waals surface area contributed by atoms with Gasteiger partial charge < -0.3 is 10.1 Å². The number of fused-ring (bicyclic) bond motifs is 1. The summed E-state index contributed by atoms with van der Waals surface area (Å²) >= 11 is 1.53. The zero-order chi connectivity index (χ0) is 15.9. The number of nitrogens with zero attached hydrogens (tertiary/aromatic N) is 1. The highest BCUT2D eigenvalue weighted by molar-refractivity contribution is 7.19. The first kappa shape index (κ1) is 15.1. The van der Waals surface area contributed by atoms with Crippen LogP contribution in [0.2, 0.25) is 0 Å². The number of nitrogens with one attached hydrogen (secondary N) is 1. The van der Waals surface area contributed by atoms with Gasteiger partial charge in [-0.3, -0.25) is 0 Å². The van der Waals surface area contributed by atoms with Crippen LogP contribution in [0, 0.1) is 11.8 Å². The zero-order valence-corrected chi connectivity index (χ0v) is 13.1. The second-order valence-electron chi connectivity index (χ2n) is 4.70. The van der Waals surface area contributed by atoms with Crippen molar-refractivity contribution in [2.45, 2.75) is 6.61 Å². The third kappa shape index (κ3) is 4.31. The molecule has 0 unspecified atom stereocenters. The number of ether oxygens (including phenoxy) is 1. The van der Waals surface area contributed by atoms with Gasteiger partial charge in [-0.25, -0.2) is 9.78 Å². The SMILES string of the molecule is O=C(NCC#Cc1nc2ccccc2s1)OCc1ccccc1. The van der Waals surface area contributed by atoms with E-state index in [1.54, 1.807) is 0 Å². The van der Waals surface area contributed by atoms with E-state index < -0.39 is 6.09 Å². The van der Waals surface area contributed by atoms with Crippen molar-refractivity contribution in [3.63, 3.8) is 0 Å². The quantitative estimate of drug-likeness (QED) is 0.750. The van der Waals surface area contributed by atoms with Gasteiger partial charge in [0.25, 0.3) is 0 Å². The Labute approximate surface area is 138 Å². The monoisotopic (exact) mass is 322 g/mol. The van der Waals surface area contributed by atoms with Crippen LogP contribution >= 0.6 is 11.3 Å². The van der Waals surface area contributed by atoms with Crippen LogP contribution in [-0.4, -0.2) is 17.6 Å². The van der Waals surface area contributed by atoms with Crippen LogP contribution in [0.3, 0.4) is 0 Å². The van der Waals surface area contributed by atoms with Crippen LogP contribution in [0.1, 0.15) is 10.6 Å². The van der Waals surface area contributed by atoms with E-state index in [1.807, 2.05) is 54.6 Å². The fourth-order valence-electron chi connectivity index (χ4n) is 1.94. The van der Waals surface area contributed by atoms with Crippen LogP contribution in [0.5, 0.6) is 0 Å². The number of rotatable bonds is 3. The summed E-state index contributed by atoms with van der Waals surface area (Å²) in [5.41, 5.74) is 1.89. The summed E-state index contributed by atoms with van der Waals surface area (Å²) in [5.74, 6) is 5.83. The molecule has 0 saturated carbocycles. The van der Waals surface area contributed by atoms with E-state index >= 15 is 0 Å². The number of benzene rings is 2. The molecule has 5 heteroatoms. The summed E-state index contributed by atoms with van der Waals surface area (Å²) in [4.78, 5) is 16.0. The van der Waals surface area contributed by atoms with Crippen LogP contribution in [0.15, 0.2) is 54.6 Å². The first-order chi connectivity index (χ1) is 11.3. The molecule has 0 aliphatic rings. The lowest BCUT2D eigenvalue weighted by Gasteiger charge is -2.04. The van der Waals surface area contributed by atoms with Crippen molar-refractivity contribution in [1.29, 1.82) is 0 Å². The van der Waals surface area contributed by atoms with Gasteiger partial charge in [0.15, 0.2) is 5.01 Å². The third-order valence-electron chi connectivity index (χ3n) is 3.02. The van der Waals surface area contributed by atoms with Gasteiger partial charge in [-0.2, -0.15) is 0 Å². The molecular formula is C18H14N2O2S. The van der Waals surface area contributed by atoms with E-state index in [0.717, 1.165) is 20.8 Å². The van der Waals surface area contributed by atoms with Crippen molar-refractivity contribution in [1.82, 2.24) is 10.3 Å². The minimum absolute atomic E-state index is 0.226. The Balaban J connectivity index is 1.46. The molecule has 1 aromatic heterocycles. The second-order valence-corrected chi connectivity index (χ2v) is 5.73. The van der Waals surface area contributed by atoms with Crippen molar-refractivity contribution < 1.29 is 9.53 Å². The topological polar surface area (TPSA) is 51.2 Å². The zero-order valence-electron chi connectivity index (χ0n) is 12.3. The Morgan fingerprint density at radius 2 is 1.91 bits per heavy atom. The molecular weight excluding hydrogens is 308 g/mol. The summed E-state index contributed by atoms with van der Waals surface area (Å²) in [6.45, 7) is 0.474. The number of hydrogen-bond donors (Lipinski definition) is 1. The Hall–Kier alpha value is -2.84. The van der Waals surface area contributed by atoms with Crippen LogP contribution in [0.25, 0.3) is 10.2 Å². The average molecular weight is 322 g/mol. The molecule has 0 atom stereocenters. The highest BCUT2D eigenvalue weighted by Gasteiger charge is 2.01. The summed E-state index contributed by atoms with van der Waals surface area (Å²) in [6, 6.07) is 17.4. The Morgan fingerprint density at radius 3 is 2.74 bits per heavy atom. The van der Waals surface area contributed by atoms with E-state index in [4.69, 9.17) is 4.74 Å². The molecule has 1 heterocycles. The molecule has 0 spiro atoms. The highest BCUT2D eigenvalue weighted by Crippen LogP contribution is 2.20. The maximum Gasteiger partial charge on any atom is 0.408 e. The fourth-order valence-corrected chi connectivity index (χ4v) is 2.78. The fraction of sp³-hybridized carbons (Fsp3) is 0.111. The molecule has 3 aromatic rings. The standard InChI is InChI=1S/C18H14N2O2S/c21-18(22-13-14-7-2-1-3-8-14)19-12-6-11-17-20-15-9-4-5-10-16(15)23-17/h1-5,7-10H,12-13H2,(H,19,21). The molecule has 1 N–H and O–H groups in total. The highest BCUT2D eigenvalue weighted by atomic mass is 32.1. The lowest BCUT2D eigenvalue weighted by Crippen LogP contribution is -2.24. The van der Waals surface area contributed by atoms with Gasteiger partial charge in [0.2, 0.25) is 0 Å². The van der Waals surface area contributed by atoms with Gasteiger partial charge in [-0.1, -0.05) is 48.4 Å². The van der Waals surface area contributed by atoms with E-state index in [1.165, 1.54) is 11.3 Å². The molecule has 3 rings (SSSR count). The summed E-state index contributed by atoms with van der Waals surface area (Å²) in [7, 11) is 0. The number of alkyl carbamates (subject to hydrolysis) is 1. The first-order valence-electron chi connectivity index (χ1n) is 7.10. The van der Waals surface area contributed by atoms with Gasteiger partial charge in [-0.15, -0.1) is 11.3 Å². The maximum atomic E-state index is 11.6. The molecule has 2 aromatic carbocycles. The van der Waals surface area contributed by atoms with Crippen LogP contribution in [0.4, 0.5) is 4.79 Å². The van der Waals surface area contributed by atoms with Crippen molar-refractivity contribution in [2.75, 3.05) is 6.54 Å². The smallest absolute Gasteiger partial charge is 0.408 e. The number of carbonyl (C=O) groups excluding carboxylic acids is 1. The molecule has 0 saturated heterocycles. The molecule has 0 aliphatic carbocycles. The summed E-state index contributed by atoms with van der Waals surface area (Å²) < 4.78 is 6.20. The number of hydrogen-bond acceptors (Lipinski definition) is 4. The Kier molecular flexibility index (Phi) is 4.87. The molecule has 0 aliphatic heterocycles. The lowest BCUT2D eigenvalue weighted by molar-refractivity contribution is 0.141. The van der Waals surface area contributed by atoms with Crippen LogP contribution < -0.4 is 5.32 Å². The molecule has 0 bridgehead atoms. The van der Waals surface area contributed by atoms with Crippen molar-refractivity contribution >= 4 is 27.6 Å². The molecule has 23 heavy (non-hydrogen) atoms. The van der Waals surface area contributed by atoms with Gasteiger partial charge in [-0.05, 0) is 23.6 Å². The van der Waals surface area contributed by atoms with Gasteiger partial charge >= 0.3 is 6.09 Å². The van der Waals surface area contributed by atoms with E-state index in [0.29, 0.717) is 0 Å². The summed E-state index contributed by atoms with van der Waals surface area (Å²) in [6.07, 6.45) is -0.479. The molecule has 4 nitrogen and oxygen atoms in total. The normalized spacial score (nSPS) is 9.91. The lowest BCUT2D eigenvalue weighted by atomic mass is 10.2. The number of carbonyl (C=O) groups is 1. The molecule has 0 radical (unpaired) electrons. The molecule has 114 valence electrons. The predicted octanol–water partition coefficient (Wildman–Crippen LogP) is 3.57. The van der Waals surface area contributed by atoms with E-state index in [-0.39, 0.29) is 13.2 Å². The minimum atomic E-state index is -0.479. The average Bonchev–Trinajstić information content (AvgIpc) is 3.00. The van der Waals surface area contributed by atoms with Crippen molar-refractivity contribution in [2.24, 2.45) is 0 Å². The van der Waals surface area contributed by atoms with Crippen molar-refractivity contribution in [3.05, 3.63) is 65.2 Å². The molecule has 1 amide bonds. The van der Waals surface area contributed by atoms with Crippen molar-refractivity contribution in [3.8, 4) is 11.8 Å². The molecule has 0 fully saturated rings. The van der Waals surface area contributed by atoms with E-state index in [2.05, 4.69) is 22.1 Å². The van der Waals surface area contributed by atoms with Gasteiger partial charge in [0.1, 0.15) is 6.61 Å². The summed E-state index contributed by atoms with van der Waals surface area (Å²) in [5, 5.41) is 3.34. The largest absolute Gasteiger partial charge is 0.445 e. The minimum Gasteiger partial charge on any atom is -0.445 e. The maximum absolute atomic E-state index is 11.6. The number of aromatic nitrogens is 1. The Morgan fingerprint density at radius 1 is 1.13 bits per heavy atom. The van der Waals surface area contributed by atoms with Crippen LogP contribution in [-0.2, 0) is 11.3 Å². The Bertz CT molecular complexity index is 830. The number of thiazole rings is 1.